The molecule has 1 rings (SSSR count). The van der Waals surface area contributed by atoms with Gasteiger partial charge in [0.2, 0.25) is 5.91 Å². The summed E-state index contributed by atoms with van der Waals surface area (Å²) < 4.78 is 0. The van der Waals surface area contributed by atoms with Crippen LogP contribution in [0.1, 0.15) is 27.2 Å². The maximum absolute atomic E-state index is 11.2. The van der Waals surface area contributed by atoms with Crippen molar-refractivity contribution in [3.8, 4) is 0 Å². The fourth-order valence-corrected chi connectivity index (χ4v) is 1.47. The van der Waals surface area contributed by atoms with E-state index in [9.17, 15) is 4.79 Å². The molecule has 0 spiro atoms. The summed E-state index contributed by atoms with van der Waals surface area (Å²) in [5.41, 5.74) is 2.29. The van der Waals surface area contributed by atoms with Crippen molar-refractivity contribution in [2.75, 3.05) is 6.54 Å². The Bertz CT molecular complexity index is 204. The number of carbonyl (C=O) groups is 1. The van der Waals surface area contributed by atoms with Crippen LogP contribution in [0, 0.1) is 5.92 Å². The Morgan fingerprint density at radius 3 is 2.55 bits per heavy atom. The molecule has 1 N–H and O–H groups in total. The lowest BCUT2D eigenvalue weighted by molar-refractivity contribution is -0.116. The molecule has 62 valence electrons. The Kier molecular flexibility index (Phi) is 2.32. The molecule has 1 heterocycles. The standard InChI is InChI=1S/C9H15NO/c1-4-7-8(6(2)3)5-10-9(7)11/h6H,4-5H2,1-3H3,(H,10,11). The molecule has 11 heavy (non-hydrogen) atoms. The highest BCUT2D eigenvalue weighted by Crippen LogP contribution is 2.21. The van der Waals surface area contributed by atoms with E-state index in [0.29, 0.717) is 5.92 Å². The van der Waals surface area contributed by atoms with Gasteiger partial charge in [-0.05, 0) is 17.9 Å². The molecule has 1 amide bonds. The van der Waals surface area contributed by atoms with Crippen LogP contribution in [0.2, 0.25) is 0 Å². The van der Waals surface area contributed by atoms with Crippen LogP contribution in [-0.2, 0) is 4.79 Å². The van der Waals surface area contributed by atoms with Crippen LogP contribution < -0.4 is 5.32 Å². The lowest BCUT2D eigenvalue weighted by atomic mass is 9.98. The molecule has 1 aliphatic heterocycles. The maximum atomic E-state index is 11.2. The third kappa shape index (κ3) is 1.44. The first-order chi connectivity index (χ1) is 5.16. The predicted octanol–water partition coefficient (Wildman–Crippen LogP) is 1.48. The summed E-state index contributed by atoms with van der Waals surface area (Å²) in [6.45, 7) is 7.05. The minimum atomic E-state index is 0.135. The first kappa shape index (κ1) is 8.31. The third-order valence-corrected chi connectivity index (χ3v) is 2.15. The molecular weight excluding hydrogens is 138 g/mol. The Hall–Kier alpha value is -0.790. The van der Waals surface area contributed by atoms with Gasteiger partial charge in [0.25, 0.3) is 0 Å². The monoisotopic (exact) mass is 153 g/mol. The molecule has 0 aromatic heterocycles. The average Bonchev–Trinajstić information content (AvgIpc) is 2.30. The summed E-state index contributed by atoms with van der Waals surface area (Å²) in [5, 5.41) is 2.84. The van der Waals surface area contributed by atoms with Gasteiger partial charge < -0.3 is 5.32 Å². The quantitative estimate of drug-likeness (QED) is 0.639. The van der Waals surface area contributed by atoms with Crippen LogP contribution in [0.25, 0.3) is 0 Å². The van der Waals surface area contributed by atoms with Gasteiger partial charge in [0.15, 0.2) is 0 Å². The predicted molar refractivity (Wildman–Crippen MR) is 45.2 cm³/mol. The highest BCUT2D eigenvalue weighted by molar-refractivity contribution is 5.96. The highest BCUT2D eigenvalue weighted by Gasteiger charge is 2.21. The second-order valence-corrected chi connectivity index (χ2v) is 3.19. The molecule has 0 radical (unpaired) electrons. The van der Waals surface area contributed by atoms with Crippen LogP contribution in [-0.4, -0.2) is 12.5 Å². The van der Waals surface area contributed by atoms with Crippen molar-refractivity contribution < 1.29 is 4.79 Å². The van der Waals surface area contributed by atoms with Crippen molar-refractivity contribution in [3.05, 3.63) is 11.1 Å². The van der Waals surface area contributed by atoms with Crippen molar-refractivity contribution in [1.82, 2.24) is 5.32 Å². The first-order valence-electron chi connectivity index (χ1n) is 4.17. The molecule has 1 aliphatic rings. The fourth-order valence-electron chi connectivity index (χ4n) is 1.47. The van der Waals surface area contributed by atoms with E-state index >= 15 is 0 Å². The Morgan fingerprint density at radius 1 is 1.55 bits per heavy atom. The Labute approximate surface area is 67.7 Å². The van der Waals surface area contributed by atoms with Crippen LogP contribution in [0.3, 0.4) is 0 Å². The van der Waals surface area contributed by atoms with Gasteiger partial charge in [0.1, 0.15) is 0 Å². The topological polar surface area (TPSA) is 29.1 Å². The zero-order valence-electron chi connectivity index (χ0n) is 7.40. The molecule has 0 unspecified atom stereocenters. The van der Waals surface area contributed by atoms with E-state index in [1.54, 1.807) is 0 Å². The molecule has 0 saturated carbocycles. The van der Waals surface area contributed by atoms with Crippen LogP contribution in [0.15, 0.2) is 11.1 Å². The van der Waals surface area contributed by atoms with Crippen molar-refractivity contribution in [2.24, 2.45) is 5.92 Å². The zero-order chi connectivity index (χ0) is 8.43. The van der Waals surface area contributed by atoms with Crippen molar-refractivity contribution in [1.29, 1.82) is 0 Å². The number of amides is 1. The van der Waals surface area contributed by atoms with Crippen molar-refractivity contribution in [3.63, 3.8) is 0 Å². The molecule has 0 saturated heterocycles. The molecule has 2 nitrogen and oxygen atoms in total. The molecule has 0 aromatic carbocycles. The summed E-state index contributed by atoms with van der Waals surface area (Å²) in [4.78, 5) is 11.2. The van der Waals surface area contributed by atoms with E-state index in [0.717, 1.165) is 18.5 Å². The van der Waals surface area contributed by atoms with Gasteiger partial charge in [-0.25, -0.2) is 0 Å². The van der Waals surface area contributed by atoms with Crippen LogP contribution in [0.4, 0.5) is 0 Å². The molecule has 0 bridgehead atoms. The van der Waals surface area contributed by atoms with E-state index in [-0.39, 0.29) is 5.91 Å². The Morgan fingerprint density at radius 2 is 2.18 bits per heavy atom. The van der Waals surface area contributed by atoms with Crippen molar-refractivity contribution in [2.45, 2.75) is 27.2 Å². The van der Waals surface area contributed by atoms with Crippen LogP contribution >= 0.6 is 0 Å². The summed E-state index contributed by atoms with van der Waals surface area (Å²) >= 11 is 0. The minimum Gasteiger partial charge on any atom is -0.349 e. The van der Waals surface area contributed by atoms with E-state index < -0.39 is 0 Å². The molecule has 0 aliphatic carbocycles. The largest absolute Gasteiger partial charge is 0.349 e. The molecule has 0 atom stereocenters. The van der Waals surface area contributed by atoms with Gasteiger partial charge in [0.05, 0.1) is 0 Å². The SMILES string of the molecule is CCC1=C(C(C)C)CNC1=O. The average molecular weight is 153 g/mol. The molecule has 0 aromatic rings. The third-order valence-electron chi connectivity index (χ3n) is 2.15. The second-order valence-electron chi connectivity index (χ2n) is 3.19. The summed E-state index contributed by atoms with van der Waals surface area (Å²) in [7, 11) is 0. The van der Waals surface area contributed by atoms with E-state index in [1.807, 2.05) is 6.92 Å². The minimum absolute atomic E-state index is 0.135. The van der Waals surface area contributed by atoms with E-state index in [1.165, 1.54) is 5.57 Å². The van der Waals surface area contributed by atoms with Gasteiger partial charge in [-0.3, -0.25) is 4.79 Å². The first-order valence-corrected chi connectivity index (χ1v) is 4.17. The van der Waals surface area contributed by atoms with Gasteiger partial charge in [-0.1, -0.05) is 20.8 Å². The molecule has 2 heteroatoms. The number of hydrogen-bond acceptors (Lipinski definition) is 1. The fraction of sp³-hybridized carbons (Fsp3) is 0.667. The highest BCUT2D eigenvalue weighted by atomic mass is 16.1. The molecular formula is C9H15NO. The number of carbonyl (C=O) groups excluding carboxylic acids is 1. The Balaban J connectivity index is 2.88. The lowest BCUT2D eigenvalue weighted by Gasteiger charge is -2.05. The van der Waals surface area contributed by atoms with Crippen molar-refractivity contribution >= 4 is 5.91 Å². The molecule has 0 fully saturated rings. The van der Waals surface area contributed by atoms with E-state index in [2.05, 4.69) is 19.2 Å². The number of rotatable bonds is 2. The number of nitrogens with one attached hydrogen (secondary N) is 1. The maximum Gasteiger partial charge on any atom is 0.247 e. The zero-order valence-corrected chi connectivity index (χ0v) is 7.40. The normalized spacial score (nSPS) is 18.0. The summed E-state index contributed by atoms with van der Waals surface area (Å²) in [6, 6.07) is 0. The summed E-state index contributed by atoms with van der Waals surface area (Å²) in [6.07, 6.45) is 0.860. The summed E-state index contributed by atoms with van der Waals surface area (Å²) in [5.74, 6) is 0.639. The lowest BCUT2D eigenvalue weighted by Crippen LogP contribution is -2.17. The number of hydrogen-bond donors (Lipinski definition) is 1. The van der Waals surface area contributed by atoms with E-state index in [4.69, 9.17) is 0 Å². The van der Waals surface area contributed by atoms with Gasteiger partial charge >= 0.3 is 0 Å². The smallest absolute Gasteiger partial charge is 0.247 e. The second kappa shape index (κ2) is 3.07. The van der Waals surface area contributed by atoms with Gasteiger partial charge in [-0.2, -0.15) is 0 Å². The van der Waals surface area contributed by atoms with Crippen LogP contribution in [0.5, 0.6) is 0 Å². The van der Waals surface area contributed by atoms with Gasteiger partial charge in [0, 0.05) is 12.1 Å². The van der Waals surface area contributed by atoms with Gasteiger partial charge in [-0.15, -0.1) is 0 Å².